The molecule has 1 saturated heterocycles. The Kier molecular flexibility index (Phi) is 9.21. The molecule has 26 heavy (non-hydrogen) atoms. The van der Waals surface area contributed by atoms with E-state index in [0.717, 1.165) is 58.1 Å². The molecule has 1 aliphatic heterocycles. The lowest BCUT2D eigenvalue weighted by Gasteiger charge is -2.13. The SMILES string of the molecule is CN=C(NCCCOC1CCOC1)NCCc1cc2ccccc2[nH]1.I. The highest BCUT2D eigenvalue weighted by Crippen LogP contribution is 2.14. The summed E-state index contributed by atoms with van der Waals surface area (Å²) >= 11 is 0. The topological polar surface area (TPSA) is 70.7 Å². The van der Waals surface area contributed by atoms with Crippen LogP contribution in [0.25, 0.3) is 10.9 Å². The zero-order valence-electron chi connectivity index (χ0n) is 15.3. The first-order chi connectivity index (χ1) is 12.3. The van der Waals surface area contributed by atoms with Crippen LogP contribution >= 0.6 is 24.0 Å². The smallest absolute Gasteiger partial charge is 0.190 e. The summed E-state index contributed by atoms with van der Waals surface area (Å²) in [5.74, 6) is 0.834. The van der Waals surface area contributed by atoms with Gasteiger partial charge in [-0.05, 0) is 30.4 Å². The van der Waals surface area contributed by atoms with Crippen molar-refractivity contribution >= 4 is 40.8 Å². The lowest BCUT2D eigenvalue weighted by Crippen LogP contribution is -2.39. The van der Waals surface area contributed by atoms with Crippen LogP contribution in [-0.2, 0) is 15.9 Å². The van der Waals surface area contributed by atoms with Gasteiger partial charge < -0.3 is 25.1 Å². The first kappa shape index (κ1) is 21.0. The van der Waals surface area contributed by atoms with Crippen LogP contribution in [0, 0.1) is 0 Å². The number of hydrogen-bond donors (Lipinski definition) is 3. The molecular formula is C19H29IN4O2. The second-order valence-electron chi connectivity index (χ2n) is 6.27. The Hall–Kier alpha value is -1.32. The van der Waals surface area contributed by atoms with Gasteiger partial charge in [0, 0.05) is 51.0 Å². The number of H-pyrrole nitrogens is 1. The number of nitrogens with one attached hydrogen (secondary N) is 3. The highest BCUT2D eigenvalue weighted by Gasteiger charge is 2.15. The molecule has 7 heteroatoms. The van der Waals surface area contributed by atoms with Gasteiger partial charge in [0.25, 0.3) is 0 Å². The van der Waals surface area contributed by atoms with E-state index in [1.54, 1.807) is 7.05 Å². The van der Waals surface area contributed by atoms with E-state index in [4.69, 9.17) is 9.47 Å². The molecule has 144 valence electrons. The van der Waals surface area contributed by atoms with Crippen LogP contribution in [0.15, 0.2) is 35.3 Å². The van der Waals surface area contributed by atoms with Gasteiger partial charge in [0.15, 0.2) is 5.96 Å². The first-order valence-corrected chi connectivity index (χ1v) is 9.05. The molecular weight excluding hydrogens is 443 g/mol. The number of hydrogen-bond acceptors (Lipinski definition) is 3. The van der Waals surface area contributed by atoms with Gasteiger partial charge in [-0.1, -0.05) is 18.2 Å². The summed E-state index contributed by atoms with van der Waals surface area (Å²) in [5, 5.41) is 7.93. The third-order valence-corrected chi connectivity index (χ3v) is 4.35. The number of ether oxygens (including phenoxy) is 2. The number of aromatic amines is 1. The summed E-state index contributed by atoms with van der Waals surface area (Å²) in [4.78, 5) is 7.71. The lowest BCUT2D eigenvalue weighted by molar-refractivity contribution is 0.0420. The van der Waals surface area contributed by atoms with Crippen molar-refractivity contribution in [3.8, 4) is 0 Å². The maximum atomic E-state index is 5.76. The number of aliphatic imine (C=N–C) groups is 1. The van der Waals surface area contributed by atoms with E-state index in [1.807, 2.05) is 0 Å². The molecule has 1 atom stereocenters. The van der Waals surface area contributed by atoms with Crippen LogP contribution < -0.4 is 10.6 Å². The molecule has 6 nitrogen and oxygen atoms in total. The van der Waals surface area contributed by atoms with Gasteiger partial charge >= 0.3 is 0 Å². The highest BCUT2D eigenvalue weighted by molar-refractivity contribution is 14.0. The number of aromatic nitrogens is 1. The number of fused-ring (bicyclic) bond motifs is 1. The third kappa shape index (κ3) is 6.44. The van der Waals surface area contributed by atoms with Crippen LogP contribution in [0.2, 0.25) is 0 Å². The van der Waals surface area contributed by atoms with E-state index < -0.39 is 0 Å². The van der Waals surface area contributed by atoms with Gasteiger partial charge in [-0.2, -0.15) is 0 Å². The van der Waals surface area contributed by atoms with E-state index in [0.29, 0.717) is 0 Å². The fourth-order valence-corrected chi connectivity index (χ4v) is 2.98. The molecule has 0 amide bonds. The van der Waals surface area contributed by atoms with Crippen molar-refractivity contribution in [3.05, 3.63) is 36.0 Å². The lowest BCUT2D eigenvalue weighted by atomic mass is 10.2. The van der Waals surface area contributed by atoms with Gasteiger partial charge in [0.2, 0.25) is 0 Å². The normalized spacial score (nSPS) is 17.3. The highest BCUT2D eigenvalue weighted by atomic mass is 127. The van der Waals surface area contributed by atoms with Crippen LogP contribution in [0.3, 0.4) is 0 Å². The second-order valence-corrected chi connectivity index (χ2v) is 6.27. The number of benzene rings is 1. The van der Waals surface area contributed by atoms with Gasteiger partial charge in [-0.25, -0.2) is 0 Å². The average Bonchev–Trinajstić information content (AvgIpc) is 3.28. The summed E-state index contributed by atoms with van der Waals surface area (Å²) in [6.07, 6.45) is 3.19. The maximum Gasteiger partial charge on any atom is 0.190 e. The molecule has 3 N–H and O–H groups in total. The minimum Gasteiger partial charge on any atom is -0.379 e. The molecule has 2 heterocycles. The number of nitrogens with zero attached hydrogens (tertiary/aromatic N) is 1. The fourth-order valence-electron chi connectivity index (χ4n) is 2.98. The van der Waals surface area contributed by atoms with Crippen molar-refractivity contribution in [2.45, 2.75) is 25.4 Å². The molecule has 1 aliphatic rings. The Labute approximate surface area is 172 Å². The fraction of sp³-hybridized carbons (Fsp3) is 0.526. The molecule has 3 rings (SSSR count). The van der Waals surface area contributed by atoms with E-state index in [-0.39, 0.29) is 30.1 Å². The minimum absolute atomic E-state index is 0. The third-order valence-electron chi connectivity index (χ3n) is 4.35. The van der Waals surface area contributed by atoms with E-state index in [9.17, 15) is 0 Å². The standard InChI is InChI=1S/C19H28N4O2.HI/c1-20-19(21-9-4-11-25-17-8-12-24-14-17)22-10-7-16-13-15-5-2-3-6-18(15)23-16;/h2-3,5-6,13,17,23H,4,7-12,14H2,1H3,(H2,20,21,22);1H. The summed E-state index contributed by atoms with van der Waals surface area (Å²) in [5.41, 5.74) is 2.42. The molecule has 1 unspecified atom stereocenters. The molecule has 1 aromatic carbocycles. The van der Waals surface area contributed by atoms with E-state index in [1.165, 1.54) is 16.6 Å². The van der Waals surface area contributed by atoms with Crippen molar-refractivity contribution < 1.29 is 9.47 Å². The van der Waals surface area contributed by atoms with Crippen molar-refractivity contribution in [1.29, 1.82) is 0 Å². The predicted molar refractivity (Wildman–Crippen MR) is 117 cm³/mol. The minimum atomic E-state index is 0. The number of halogens is 1. The van der Waals surface area contributed by atoms with Crippen LogP contribution in [-0.4, -0.2) is 57.0 Å². The van der Waals surface area contributed by atoms with Crippen molar-refractivity contribution in [2.75, 3.05) is 40.0 Å². The van der Waals surface area contributed by atoms with Crippen molar-refractivity contribution in [2.24, 2.45) is 4.99 Å². The summed E-state index contributed by atoms with van der Waals surface area (Å²) in [7, 11) is 1.80. The molecule has 2 aromatic rings. The molecule has 0 bridgehead atoms. The summed E-state index contributed by atoms with van der Waals surface area (Å²) in [6, 6.07) is 10.6. The molecule has 1 fully saturated rings. The summed E-state index contributed by atoms with van der Waals surface area (Å²) < 4.78 is 11.1. The Balaban J connectivity index is 0.00000243. The largest absolute Gasteiger partial charge is 0.379 e. The van der Waals surface area contributed by atoms with Crippen LogP contribution in [0.5, 0.6) is 0 Å². The molecule has 0 spiro atoms. The Morgan fingerprint density at radius 2 is 2.15 bits per heavy atom. The number of guanidine groups is 1. The maximum absolute atomic E-state index is 5.76. The number of rotatable bonds is 8. The Morgan fingerprint density at radius 1 is 1.31 bits per heavy atom. The van der Waals surface area contributed by atoms with Crippen LogP contribution in [0.1, 0.15) is 18.5 Å². The van der Waals surface area contributed by atoms with Gasteiger partial charge in [-0.3, -0.25) is 4.99 Å². The van der Waals surface area contributed by atoms with Gasteiger partial charge in [-0.15, -0.1) is 24.0 Å². The zero-order chi connectivity index (χ0) is 17.3. The van der Waals surface area contributed by atoms with Crippen molar-refractivity contribution in [3.63, 3.8) is 0 Å². The molecule has 0 aliphatic carbocycles. The quantitative estimate of drug-likeness (QED) is 0.239. The number of para-hydroxylation sites is 1. The molecule has 1 aromatic heterocycles. The summed E-state index contributed by atoms with van der Waals surface area (Å²) in [6.45, 7) is 4.01. The zero-order valence-corrected chi connectivity index (χ0v) is 17.6. The monoisotopic (exact) mass is 472 g/mol. The second kappa shape index (κ2) is 11.4. The van der Waals surface area contributed by atoms with Crippen molar-refractivity contribution in [1.82, 2.24) is 15.6 Å². The molecule has 0 radical (unpaired) electrons. The van der Waals surface area contributed by atoms with E-state index >= 15 is 0 Å². The van der Waals surface area contributed by atoms with Gasteiger partial charge in [0.1, 0.15) is 0 Å². The Morgan fingerprint density at radius 3 is 2.92 bits per heavy atom. The molecule has 0 saturated carbocycles. The Bertz CT molecular complexity index is 650. The average molecular weight is 472 g/mol. The van der Waals surface area contributed by atoms with E-state index in [2.05, 4.69) is 50.9 Å². The first-order valence-electron chi connectivity index (χ1n) is 9.05. The van der Waals surface area contributed by atoms with Crippen LogP contribution in [0.4, 0.5) is 0 Å². The predicted octanol–water partition coefficient (Wildman–Crippen LogP) is 2.69. The van der Waals surface area contributed by atoms with Gasteiger partial charge in [0.05, 0.1) is 12.7 Å².